The van der Waals surface area contributed by atoms with Crippen molar-refractivity contribution in [1.82, 2.24) is 9.78 Å². The van der Waals surface area contributed by atoms with Crippen LogP contribution in [0.2, 0.25) is 0 Å². The molecule has 28 heavy (non-hydrogen) atoms. The van der Waals surface area contributed by atoms with Crippen molar-refractivity contribution in [2.24, 2.45) is 4.99 Å². The second-order valence-electron chi connectivity index (χ2n) is 6.40. The third kappa shape index (κ3) is 4.46. The van der Waals surface area contributed by atoms with Gasteiger partial charge in [-0.3, -0.25) is 19.7 Å². The fraction of sp³-hybridized carbons (Fsp3) is 0.227. The first kappa shape index (κ1) is 19.4. The quantitative estimate of drug-likeness (QED) is 0.508. The van der Waals surface area contributed by atoms with Gasteiger partial charge in [-0.2, -0.15) is 0 Å². The maximum absolute atomic E-state index is 13.0. The number of benzene rings is 2. The van der Waals surface area contributed by atoms with Gasteiger partial charge in [-0.25, -0.2) is 4.68 Å². The molecule has 0 radical (unpaired) electrons. The molecular formula is C22H23N3O3. The molecule has 3 aromatic rings. The van der Waals surface area contributed by atoms with Crippen molar-refractivity contribution in [2.45, 2.75) is 19.8 Å². The van der Waals surface area contributed by atoms with E-state index in [1.54, 1.807) is 6.92 Å². The number of aromatic nitrogens is 2. The number of para-hydroxylation sites is 1. The molecule has 144 valence electrons. The van der Waals surface area contributed by atoms with E-state index in [2.05, 4.69) is 10.1 Å². The molecule has 1 N–H and O–H groups in total. The zero-order valence-electron chi connectivity index (χ0n) is 16.0. The molecule has 0 atom stereocenters. The number of aromatic amines is 1. The van der Waals surface area contributed by atoms with Crippen LogP contribution in [0.3, 0.4) is 0 Å². The topological polar surface area (TPSA) is 76.5 Å². The van der Waals surface area contributed by atoms with Crippen molar-refractivity contribution in [3.05, 3.63) is 87.8 Å². The van der Waals surface area contributed by atoms with Gasteiger partial charge in [0.15, 0.2) is 0 Å². The highest BCUT2D eigenvalue weighted by Crippen LogP contribution is 2.11. The molecule has 0 amide bonds. The van der Waals surface area contributed by atoms with Crippen molar-refractivity contribution >= 4 is 11.7 Å². The van der Waals surface area contributed by atoms with Crippen molar-refractivity contribution in [2.75, 3.05) is 13.7 Å². The van der Waals surface area contributed by atoms with E-state index in [4.69, 9.17) is 4.74 Å². The number of H-pyrrole nitrogens is 1. The smallest absolute Gasteiger partial charge is 0.311 e. The van der Waals surface area contributed by atoms with E-state index in [0.717, 1.165) is 6.42 Å². The minimum absolute atomic E-state index is 0.0214. The van der Waals surface area contributed by atoms with E-state index < -0.39 is 5.97 Å². The number of carbonyl (C=O) groups excluding carboxylic acids is 1. The standard InChI is InChI=1S/C22H23N3O3/c1-16(23-14-13-17-9-5-3-6-10-17)21-19(15-20(26)28-2)24-25(22(21)27)18-11-7-4-8-12-18/h3-12,24H,13-15H2,1-2H3. The van der Waals surface area contributed by atoms with Crippen LogP contribution < -0.4 is 5.56 Å². The van der Waals surface area contributed by atoms with Crippen LogP contribution in [0, 0.1) is 0 Å². The highest BCUT2D eigenvalue weighted by Gasteiger charge is 2.20. The van der Waals surface area contributed by atoms with Crippen LogP contribution in [0.1, 0.15) is 23.7 Å². The van der Waals surface area contributed by atoms with Crippen LogP contribution in [0.25, 0.3) is 5.69 Å². The number of hydrogen-bond acceptors (Lipinski definition) is 4. The Hall–Kier alpha value is -3.41. The van der Waals surface area contributed by atoms with E-state index in [1.165, 1.54) is 17.4 Å². The molecule has 0 bridgehead atoms. The van der Waals surface area contributed by atoms with Crippen LogP contribution in [0.5, 0.6) is 0 Å². The normalized spacial score (nSPS) is 11.4. The molecule has 1 aromatic heterocycles. The van der Waals surface area contributed by atoms with E-state index in [0.29, 0.717) is 29.2 Å². The molecule has 0 unspecified atom stereocenters. The third-order valence-electron chi connectivity index (χ3n) is 4.48. The van der Waals surface area contributed by atoms with E-state index >= 15 is 0 Å². The van der Waals surface area contributed by atoms with Crippen molar-refractivity contribution in [1.29, 1.82) is 0 Å². The number of nitrogens with one attached hydrogen (secondary N) is 1. The van der Waals surface area contributed by atoms with Gasteiger partial charge in [-0.05, 0) is 31.0 Å². The van der Waals surface area contributed by atoms with Crippen LogP contribution in [-0.2, 0) is 22.4 Å². The summed E-state index contributed by atoms with van der Waals surface area (Å²) >= 11 is 0. The summed E-state index contributed by atoms with van der Waals surface area (Å²) in [5.41, 5.74) is 3.17. The molecule has 0 aliphatic rings. The Morgan fingerprint density at radius 2 is 1.71 bits per heavy atom. The molecule has 3 rings (SSSR count). The summed E-state index contributed by atoms with van der Waals surface area (Å²) < 4.78 is 6.21. The number of rotatable bonds is 7. The van der Waals surface area contributed by atoms with Gasteiger partial charge >= 0.3 is 5.97 Å². The maximum atomic E-state index is 13.0. The number of methoxy groups -OCH3 is 1. The summed E-state index contributed by atoms with van der Waals surface area (Å²) in [6, 6.07) is 19.3. The molecule has 0 aliphatic heterocycles. The molecule has 0 spiro atoms. The zero-order chi connectivity index (χ0) is 19.9. The summed E-state index contributed by atoms with van der Waals surface area (Å²) in [6.45, 7) is 2.36. The molecule has 0 aliphatic carbocycles. The van der Waals surface area contributed by atoms with Gasteiger partial charge in [0.1, 0.15) is 0 Å². The van der Waals surface area contributed by atoms with Crippen LogP contribution >= 0.6 is 0 Å². The lowest BCUT2D eigenvalue weighted by Crippen LogP contribution is -2.20. The average Bonchev–Trinajstić information content (AvgIpc) is 3.05. The van der Waals surface area contributed by atoms with E-state index in [1.807, 2.05) is 60.7 Å². The van der Waals surface area contributed by atoms with Gasteiger partial charge in [0.05, 0.1) is 30.5 Å². The van der Waals surface area contributed by atoms with Crippen LogP contribution in [0.4, 0.5) is 0 Å². The summed E-state index contributed by atoms with van der Waals surface area (Å²) in [4.78, 5) is 29.4. The Labute approximate surface area is 163 Å². The van der Waals surface area contributed by atoms with Gasteiger partial charge in [0.25, 0.3) is 5.56 Å². The number of aliphatic imine (C=N–C) groups is 1. The average molecular weight is 377 g/mol. The van der Waals surface area contributed by atoms with Gasteiger partial charge in [0.2, 0.25) is 0 Å². The summed E-state index contributed by atoms with van der Waals surface area (Å²) in [5, 5.41) is 3.04. The van der Waals surface area contributed by atoms with Crippen molar-refractivity contribution in [3.63, 3.8) is 0 Å². The molecule has 0 saturated carbocycles. The fourth-order valence-electron chi connectivity index (χ4n) is 3.04. The number of hydrogen-bond donors (Lipinski definition) is 1. The van der Waals surface area contributed by atoms with Gasteiger partial charge in [-0.15, -0.1) is 0 Å². The lowest BCUT2D eigenvalue weighted by molar-refractivity contribution is -0.139. The van der Waals surface area contributed by atoms with E-state index in [-0.39, 0.29) is 12.0 Å². The first-order valence-corrected chi connectivity index (χ1v) is 9.11. The second kappa shape index (κ2) is 8.99. The lowest BCUT2D eigenvalue weighted by atomic mass is 10.1. The molecule has 2 aromatic carbocycles. The van der Waals surface area contributed by atoms with Gasteiger partial charge < -0.3 is 4.74 Å². The molecule has 0 fully saturated rings. The van der Waals surface area contributed by atoms with Gasteiger partial charge in [-0.1, -0.05) is 48.5 Å². The highest BCUT2D eigenvalue weighted by atomic mass is 16.5. The molecule has 6 nitrogen and oxygen atoms in total. The number of nitrogens with zero attached hydrogens (tertiary/aromatic N) is 2. The minimum Gasteiger partial charge on any atom is -0.469 e. The fourth-order valence-corrected chi connectivity index (χ4v) is 3.04. The Morgan fingerprint density at radius 3 is 2.36 bits per heavy atom. The molecular weight excluding hydrogens is 354 g/mol. The Morgan fingerprint density at radius 1 is 1.07 bits per heavy atom. The Balaban J connectivity index is 1.93. The maximum Gasteiger partial charge on any atom is 0.311 e. The Kier molecular flexibility index (Phi) is 6.22. The first-order valence-electron chi connectivity index (χ1n) is 9.11. The largest absolute Gasteiger partial charge is 0.469 e. The first-order chi connectivity index (χ1) is 13.6. The summed E-state index contributed by atoms with van der Waals surface area (Å²) in [5.74, 6) is -0.417. The van der Waals surface area contributed by atoms with Crippen LogP contribution in [0.15, 0.2) is 70.5 Å². The monoisotopic (exact) mass is 377 g/mol. The highest BCUT2D eigenvalue weighted by molar-refractivity contribution is 6.00. The predicted octanol–water partition coefficient (Wildman–Crippen LogP) is 2.93. The molecule has 0 saturated heterocycles. The zero-order valence-corrected chi connectivity index (χ0v) is 16.0. The number of esters is 1. The molecule has 6 heteroatoms. The van der Waals surface area contributed by atoms with Crippen molar-refractivity contribution in [3.8, 4) is 5.69 Å². The van der Waals surface area contributed by atoms with Gasteiger partial charge in [0, 0.05) is 12.3 Å². The number of ether oxygens (including phenoxy) is 1. The van der Waals surface area contributed by atoms with Crippen molar-refractivity contribution < 1.29 is 9.53 Å². The van der Waals surface area contributed by atoms with Crippen LogP contribution in [-0.4, -0.2) is 35.1 Å². The SMILES string of the molecule is COC(=O)Cc1[nH]n(-c2ccccc2)c(=O)c1C(C)=NCCc1ccccc1. The van der Waals surface area contributed by atoms with E-state index in [9.17, 15) is 9.59 Å². The number of carbonyl (C=O) groups is 1. The minimum atomic E-state index is -0.417. The summed E-state index contributed by atoms with van der Waals surface area (Å²) in [6.07, 6.45) is 0.758. The summed E-state index contributed by atoms with van der Waals surface area (Å²) in [7, 11) is 1.33. The molecule has 1 heterocycles. The lowest BCUT2D eigenvalue weighted by Gasteiger charge is -2.02. The second-order valence-corrected chi connectivity index (χ2v) is 6.40. The Bertz CT molecular complexity index is 1020. The third-order valence-corrected chi connectivity index (χ3v) is 4.48. The predicted molar refractivity (Wildman–Crippen MR) is 109 cm³/mol.